The van der Waals surface area contributed by atoms with Crippen molar-refractivity contribution in [3.8, 4) is 12.3 Å². The Morgan fingerprint density at radius 1 is 1.50 bits per heavy atom. The largest absolute Gasteiger partial charge is 0.452 e. The number of azide groups is 1. The highest BCUT2D eigenvalue weighted by Crippen LogP contribution is 2.33. The molecule has 1 aromatic rings. The van der Waals surface area contributed by atoms with Crippen molar-refractivity contribution < 1.29 is 9.53 Å². The molecule has 0 saturated heterocycles. The molecule has 0 aliphatic heterocycles. The van der Waals surface area contributed by atoms with Crippen LogP contribution in [0.2, 0.25) is 0 Å². The molecule has 20 heavy (non-hydrogen) atoms. The molecule has 0 spiro atoms. The highest BCUT2D eigenvalue weighted by atomic mass is 16.5. The molecule has 1 rings (SSSR count). The van der Waals surface area contributed by atoms with Crippen molar-refractivity contribution in [3.05, 3.63) is 46.3 Å². The smallest absolute Gasteiger partial charge is 0.312 e. The van der Waals surface area contributed by atoms with E-state index >= 15 is 0 Å². The second-order valence-corrected chi connectivity index (χ2v) is 5.00. The fraction of sp³-hybridized carbons (Fsp3) is 0.400. The Balaban J connectivity index is 2.88. The normalized spacial score (nSPS) is 11.8. The van der Waals surface area contributed by atoms with Crippen LogP contribution < -0.4 is 0 Å². The van der Waals surface area contributed by atoms with Crippen molar-refractivity contribution in [1.29, 1.82) is 0 Å². The molecular weight excluding hydrogens is 254 g/mol. The summed E-state index contributed by atoms with van der Waals surface area (Å²) in [7, 11) is 0. The molecule has 0 amide bonds. The number of esters is 1. The second-order valence-electron chi connectivity index (χ2n) is 5.00. The summed E-state index contributed by atoms with van der Waals surface area (Å²) in [6, 6.07) is 8.90. The molecule has 0 aliphatic rings. The maximum atomic E-state index is 11.9. The third kappa shape index (κ3) is 4.34. The van der Waals surface area contributed by atoms with Crippen LogP contribution in [0.5, 0.6) is 0 Å². The van der Waals surface area contributed by atoms with Gasteiger partial charge in [-0.15, -0.1) is 6.42 Å². The summed E-state index contributed by atoms with van der Waals surface area (Å²) in [6.45, 7) is 3.43. The number of carbonyl (C=O) groups is 1. The van der Waals surface area contributed by atoms with Crippen LogP contribution in [0.3, 0.4) is 0 Å². The molecule has 1 atom stereocenters. The first kappa shape index (κ1) is 15.6. The van der Waals surface area contributed by atoms with Gasteiger partial charge in [0.25, 0.3) is 0 Å². The van der Waals surface area contributed by atoms with Gasteiger partial charge in [-0.25, -0.2) is 0 Å². The van der Waals surface area contributed by atoms with E-state index in [1.165, 1.54) is 0 Å². The van der Waals surface area contributed by atoms with E-state index in [0.29, 0.717) is 6.42 Å². The van der Waals surface area contributed by atoms with Gasteiger partial charge in [0, 0.05) is 4.91 Å². The molecule has 0 aromatic heterocycles. The van der Waals surface area contributed by atoms with Crippen LogP contribution in [-0.2, 0) is 9.53 Å². The van der Waals surface area contributed by atoms with Crippen LogP contribution in [0.1, 0.15) is 31.9 Å². The Hall–Kier alpha value is -2.44. The number of terminal acetylenes is 1. The van der Waals surface area contributed by atoms with E-state index < -0.39 is 17.4 Å². The van der Waals surface area contributed by atoms with Gasteiger partial charge < -0.3 is 4.74 Å². The number of nitrogens with zero attached hydrogens (tertiary/aromatic N) is 3. The predicted octanol–water partition coefficient (Wildman–Crippen LogP) is 3.63. The van der Waals surface area contributed by atoms with Crippen LogP contribution in [0.25, 0.3) is 10.4 Å². The average Bonchev–Trinajstić information content (AvgIpc) is 2.45. The Morgan fingerprint density at radius 2 is 2.15 bits per heavy atom. The molecule has 0 bridgehead atoms. The van der Waals surface area contributed by atoms with E-state index in [0.717, 1.165) is 5.56 Å². The fourth-order valence-electron chi connectivity index (χ4n) is 1.83. The van der Waals surface area contributed by atoms with E-state index in [1.54, 1.807) is 13.8 Å². The lowest BCUT2D eigenvalue weighted by atomic mass is 9.84. The molecule has 0 heterocycles. The molecule has 1 aromatic carbocycles. The maximum absolute atomic E-state index is 11.9. The van der Waals surface area contributed by atoms with Crippen molar-refractivity contribution in [2.24, 2.45) is 10.5 Å². The van der Waals surface area contributed by atoms with Crippen LogP contribution >= 0.6 is 0 Å². The minimum absolute atomic E-state index is 0.0558. The number of hydrogen-bond donors (Lipinski definition) is 0. The van der Waals surface area contributed by atoms with E-state index in [2.05, 4.69) is 15.9 Å². The number of rotatable bonds is 6. The van der Waals surface area contributed by atoms with Crippen LogP contribution in [-0.4, -0.2) is 12.6 Å². The van der Waals surface area contributed by atoms with Crippen molar-refractivity contribution in [3.63, 3.8) is 0 Å². The summed E-state index contributed by atoms with van der Waals surface area (Å²) in [5.74, 6) is 1.86. The van der Waals surface area contributed by atoms with Gasteiger partial charge in [0.05, 0.1) is 11.5 Å². The summed E-state index contributed by atoms with van der Waals surface area (Å²) in [4.78, 5) is 14.8. The lowest BCUT2D eigenvalue weighted by Crippen LogP contribution is -2.28. The number of ether oxygens (including phenoxy) is 1. The molecule has 104 valence electrons. The standard InChI is InChI=1S/C15H17N3O2/c1-4-10-20-14(19)15(2,3)11-13(17-18-16)12-8-6-5-7-9-12/h1,5-9,13H,10-11H2,2-3H3. The van der Waals surface area contributed by atoms with Crippen molar-refractivity contribution in [1.82, 2.24) is 0 Å². The molecule has 0 N–H and O–H groups in total. The van der Waals surface area contributed by atoms with Crippen molar-refractivity contribution in [2.45, 2.75) is 26.3 Å². The van der Waals surface area contributed by atoms with Gasteiger partial charge in [-0.2, -0.15) is 0 Å². The average molecular weight is 271 g/mol. The van der Waals surface area contributed by atoms with Gasteiger partial charge in [0.2, 0.25) is 0 Å². The Morgan fingerprint density at radius 3 is 2.70 bits per heavy atom. The van der Waals surface area contributed by atoms with E-state index in [-0.39, 0.29) is 6.61 Å². The first-order valence-corrected chi connectivity index (χ1v) is 6.21. The lowest BCUT2D eigenvalue weighted by molar-refractivity contribution is -0.153. The van der Waals surface area contributed by atoms with E-state index in [4.69, 9.17) is 16.7 Å². The minimum Gasteiger partial charge on any atom is -0.452 e. The van der Waals surface area contributed by atoms with Gasteiger partial charge in [0.1, 0.15) is 0 Å². The van der Waals surface area contributed by atoms with Gasteiger partial charge in [-0.1, -0.05) is 41.4 Å². The molecule has 0 saturated carbocycles. The zero-order valence-corrected chi connectivity index (χ0v) is 11.6. The summed E-state index contributed by atoms with van der Waals surface area (Å²) < 4.78 is 4.96. The number of hydrogen-bond acceptors (Lipinski definition) is 3. The summed E-state index contributed by atoms with van der Waals surface area (Å²) in [6.07, 6.45) is 5.42. The van der Waals surface area contributed by atoms with Gasteiger partial charge in [0.15, 0.2) is 6.61 Å². The molecule has 5 heteroatoms. The van der Waals surface area contributed by atoms with Gasteiger partial charge in [-0.05, 0) is 31.4 Å². The summed E-state index contributed by atoms with van der Waals surface area (Å²) >= 11 is 0. The molecule has 5 nitrogen and oxygen atoms in total. The van der Waals surface area contributed by atoms with Crippen LogP contribution in [0, 0.1) is 17.8 Å². The quantitative estimate of drug-likeness (QED) is 0.260. The van der Waals surface area contributed by atoms with E-state index in [9.17, 15) is 4.79 Å². The zero-order valence-electron chi connectivity index (χ0n) is 11.6. The molecule has 0 radical (unpaired) electrons. The lowest BCUT2D eigenvalue weighted by Gasteiger charge is -2.25. The highest BCUT2D eigenvalue weighted by molar-refractivity contribution is 5.76. The maximum Gasteiger partial charge on any atom is 0.312 e. The van der Waals surface area contributed by atoms with Crippen LogP contribution in [0.4, 0.5) is 0 Å². The van der Waals surface area contributed by atoms with Gasteiger partial charge in [-0.3, -0.25) is 4.79 Å². The summed E-state index contributed by atoms with van der Waals surface area (Å²) in [5.41, 5.74) is 8.77. The van der Waals surface area contributed by atoms with Crippen molar-refractivity contribution >= 4 is 5.97 Å². The van der Waals surface area contributed by atoms with Gasteiger partial charge >= 0.3 is 5.97 Å². The third-order valence-corrected chi connectivity index (χ3v) is 2.92. The SMILES string of the molecule is C#CCOC(=O)C(C)(C)CC(N=[N+]=[N-])c1ccccc1. The monoisotopic (exact) mass is 271 g/mol. The highest BCUT2D eigenvalue weighted by Gasteiger charge is 2.32. The zero-order chi connectivity index (χ0) is 15.0. The molecular formula is C15H17N3O2. The Bertz CT molecular complexity index is 540. The minimum atomic E-state index is -0.786. The number of carbonyl (C=O) groups excluding carboxylic acids is 1. The fourth-order valence-corrected chi connectivity index (χ4v) is 1.83. The first-order chi connectivity index (χ1) is 9.51. The van der Waals surface area contributed by atoms with Crippen molar-refractivity contribution in [2.75, 3.05) is 6.61 Å². The van der Waals surface area contributed by atoms with E-state index in [1.807, 2.05) is 30.3 Å². The molecule has 0 aliphatic carbocycles. The third-order valence-electron chi connectivity index (χ3n) is 2.92. The molecule has 1 unspecified atom stereocenters. The topological polar surface area (TPSA) is 75.1 Å². The number of benzene rings is 1. The van der Waals surface area contributed by atoms with Crippen LogP contribution in [0.15, 0.2) is 35.4 Å². The summed E-state index contributed by atoms with van der Waals surface area (Å²) in [5, 5.41) is 3.77. The predicted molar refractivity (Wildman–Crippen MR) is 76.5 cm³/mol. The first-order valence-electron chi connectivity index (χ1n) is 6.21. The molecule has 0 fully saturated rings. The Kier molecular flexibility index (Phi) is 5.64. The Labute approximate surface area is 118 Å². The second kappa shape index (κ2) is 7.22.